The van der Waals surface area contributed by atoms with Crippen LogP contribution in [0.15, 0.2) is 57.4 Å². The van der Waals surface area contributed by atoms with Gasteiger partial charge in [0.15, 0.2) is 0 Å². The predicted octanol–water partition coefficient (Wildman–Crippen LogP) is 3.48. The van der Waals surface area contributed by atoms with Crippen molar-refractivity contribution in [1.29, 1.82) is 0 Å². The van der Waals surface area contributed by atoms with Gasteiger partial charge in [0, 0.05) is 0 Å². The zero-order chi connectivity index (χ0) is 24.0. The van der Waals surface area contributed by atoms with Crippen molar-refractivity contribution < 1.29 is 48.0 Å². The van der Waals surface area contributed by atoms with E-state index in [0.29, 0.717) is 9.54 Å². The third kappa shape index (κ3) is 6.28. The smallest absolute Gasteiger partial charge is 1.00 e. The van der Waals surface area contributed by atoms with Gasteiger partial charge in [0.05, 0.1) is 0 Å². The minimum Gasteiger partial charge on any atom is -1.00 e. The Hall–Kier alpha value is -0.617. The van der Waals surface area contributed by atoms with Gasteiger partial charge in [-0.25, -0.2) is 0 Å². The van der Waals surface area contributed by atoms with Crippen molar-refractivity contribution in [2.75, 3.05) is 0 Å². The molecule has 0 spiro atoms. The SMILES string of the molecule is CCCC1=[C]([Zr+2][CH]2c3cc(C(C)(C)C)ccc3-c3ccc(C(C)(C)C)cc32)C(CCC)C=C1.[Cl-].[Cl-]. The largest absolute Gasteiger partial charge is 1.00 e. The summed E-state index contributed by atoms with van der Waals surface area (Å²) in [6, 6.07) is 14.8. The quantitative estimate of drug-likeness (QED) is 0.485. The van der Waals surface area contributed by atoms with E-state index in [4.69, 9.17) is 0 Å². The molecular weight excluding hydrogens is 546 g/mol. The van der Waals surface area contributed by atoms with Gasteiger partial charge in [0.2, 0.25) is 0 Å². The third-order valence-corrected chi connectivity index (χ3v) is 12.1. The summed E-state index contributed by atoms with van der Waals surface area (Å²) in [6.07, 6.45) is 10.1. The molecule has 0 amide bonds. The van der Waals surface area contributed by atoms with Crippen LogP contribution in [0.1, 0.15) is 107 Å². The molecule has 0 nitrogen and oxygen atoms in total. The molecule has 0 aliphatic heterocycles. The van der Waals surface area contributed by atoms with Crippen LogP contribution in [-0.2, 0) is 34.1 Å². The first-order chi connectivity index (χ1) is 15.5. The molecule has 0 radical (unpaired) electrons. The fourth-order valence-corrected chi connectivity index (χ4v) is 10.2. The van der Waals surface area contributed by atoms with Crippen LogP contribution < -0.4 is 24.8 Å². The van der Waals surface area contributed by atoms with Crippen molar-refractivity contribution >= 4 is 0 Å². The van der Waals surface area contributed by atoms with Gasteiger partial charge in [0.1, 0.15) is 0 Å². The Morgan fingerprint density at radius 2 is 1.26 bits per heavy atom. The Morgan fingerprint density at radius 1 is 0.743 bits per heavy atom. The van der Waals surface area contributed by atoms with E-state index >= 15 is 0 Å². The van der Waals surface area contributed by atoms with E-state index in [1.54, 1.807) is 16.7 Å². The van der Waals surface area contributed by atoms with Crippen molar-refractivity contribution in [3.05, 3.63) is 79.7 Å². The molecular formula is C32H42Cl2Zr. The Bertz CT molecular complexity index is 1030. The van der Waals surface area contributed by atoms with Gasteiger partial charge in [-0.2, -0.15) is 0 Å². The van der Waals surface area contributed by atoms with Crippen LogP contribution >= 0.6 is 0 Å². The van der Waals surface area contributed by atoms with Gasteiger partial charge in [-0.1, -0.05) is 0 Å². The van der Waals surface area contributed by atoms with Gasteiger partial charge in [-0.05, 0) is 0 Å². The monoisotopic (exact) mass is 586 g/mol. The molecule has 0 heterocycles. The van der Waals surface area contributed by atoms with Crippen LogP contribution in [-0.4, -0.2) is 0 Å². The van der Waals surface area contributed by atoms with E-state index in [1.807, 2.05) is 3.28 Å². The molecule has 1 atom stereocenters. The minimum absolute atomic E-state index is 0. The number of fused-ring (bicyclic) bond motifs is 3. The van der Waals surface area contributed by atoms with E-state index in [-0.39, 0.29) is 35.6 Å². The topological polar surface area (TPSA) is 0 Å². The summed E-state index contributed by atoms with van der Waals surface area (Å²) in [6.45, 7) is 18.8. The van der Waals surface area contributed by atoms with Gasteiger partial charge < -0.3 is 24.8 Å². The van der Waals surface area contributed by atoms with E-state index < -0.39 is 23.2 Å². The van der Waals surface area contributed by atoms with Crippen molar-refractivity contribution in [2.24, 2.45) is 5.92 Å². The summed E-state index contributed by atoms with van der Waals surface area (Å²) >= 11 is -0.861. The zero-order valence-electron chi connectivity index (χ0n) is 22.9. The van der Waals surface area contributed by atoms with Gasteiger partial charge in [-0.15, -0.1) is 0 Å². The maximum atomic E-state index is 2.58. The maximum absolute atomic E-state index is 2.58. The molecule has 2 aromatic rings. The standard InChI is InChI=1S/C21H25.C11H17.2ClH.Zr/c1-20(2,3)16-7-9-18-14(12-16)11-15-13-17(21(4,5)6)8-10-19(15)18;1-3-5-10-7-8-11(9-10)6-4-2;;;/h7-13H,1-6H3;7-8,10H,3-6H2,1-2H3;2*1H;/q;;;;+2/p-2. The molecule has 188 valence electrons. The van der Waals surface area contributed by atoms with Crippen LogP contribution in [0, 0.1) is 5.92 Å². The van der Waals surface area contributed by atoms with Crippen LogP contribution in [0.2, 0.25) is 0 Å². The molecule has 0 aromatic heterocycles. The van der Waals surface area contributed by atoms with E-state index in [2.05, 4.69) is 104 Å². The average Bonchev–Trinajstić information content (AvgIpc) is 3.26. The fraction of sp³-hybridized carbons (Fsp3) is 0.500. The van der Waals surface area contributed by atoms with Gasteiger partial charge >= 0.3 is 215 Å². The van der Waals surface area contributed by atoms with E-state index in [9.17, 15) is 0 Å². The molecule has 4 rings (SSSR count). The number of hydrogen-bond acceptors (Lipinski definition) is 0. The molecule has 0 fully saturated rings. The predicted molar refractivity (Wildman–Crippen MR) is 141 cm³/mol. The van der Waals surface area contributed by atoms with Crippen molar-refractivity contribution in [1.82, 2.24) is 0 Å². The number of hydrogen-bond donors (Lipinski definition) is 0. The fourth-order valence-electron chi connectivity index (χ4n) is 5.40. The molecule has 2 aliphatic carbocycles. The molecule has 0 saturated heterocycles. The molecule has 0 bridgehead atoms. The van der Waals surface area contributed by atoms with Crippen molar-refractivity contribution in [3.8, 4) is 11.1 Å². The Balaban J connectivity index is 0.00000216. The molecule has 0 N–H and O–H groups in total. The summed E-state index contributed by atoms with van der Waals surface area (Å²) in [5.74, 6) is 0.701. The molecule has 0 saturated carbocycles. The average molecular weight is 589 g/mol. The zero-order valence-corrected chi connectivity index (χ0v) is 26.8. The first-order valence-corrected chi connectivity index (χ1v) is 15.7. The number of rotatable bonds is 6. The third-order valence-electron chi connectivity index (χ3n) is 7.41. The first kappa shape index (κ1) is 30.6. The number of benzene rings is 2. The maximum Gasteiger partial charge on any atom is -1.00 e. The normalized spacial score (nSPS) is 17.0. The Morgan fingerprint density at radius 3 is 1.69 bits per heavy atom. The molecule has 1 unspecified atom stereocenters. The Labute approximate surface area is 238 Å². The molecule has 2 aromatic carbocycles. The summed E-state index contributed by atoms with van der Waals surface area (Å²) in [5.41, 5.74) is 11.3. The second-order valence-corrected chi connectivity index (χ2v) is 15.6. The summed E-state index contributed by atoms with van der Waals surface area (Å²) in [7, 11) is 0. The summed E-state index contributed by atoms with van der Waals surface area (Å²) in [5, 5.41) is 0. The first-order valence-electron chi connectivity index (χ1n) is 13.0. The Kier molecular flexibility index (Phi) is 10.4. The van der Waals surface area contributed by atoms with Crippen LogP contribution in [0.3, 0.4) is 0 Å². The second-order valence-electron chi connectivity index (χ2n) is 12.1. The number of allylic oxidation sites excluding steroid dienone is 4. The van der Waals surface area contributed by atoms with E-state index in [0.717, 1.165) is 0 Å². The van der Waals surface area contributed by atoms with Gasteiger partial charge in [0.25, 0.3) is 0 Å². The molecule has 35 heavy (non-hydrogen) atoms. The van der Waals surface area contributed by atoms with Gasteiger partial charge in [-0.3, -0.25) is 0 Å². The molecule has 3 heteroatoms. The summed E-state index contributed by atoms with van der Waals surface area (Å²) in [4.78, 5) is 0. The van der Waals surface area contributed by atoms with Crippen molar-refractivity contribution in [2.45, 2.75) is 95.5 Å². The van der Waals surface area contributed by atoms with Crippen molar-refractivity contribution in [3.63, 3.8) is 0 Å². The van der Waals surface area contributed by atoms with Crippen LogP contribution in [0.25, 0.3) is 11.1 Å². The summed E-state index contributed by atoms with van der Waals surface area (Å²) < 4.78 is 2.51. The second kappa shape index (κ2) is 11.8. The number of halogens is 2. The van der Waals surface area contributed by atoms with E-state index in [1.165, 1.54) is 47.9 Å². The minimum atomic E-state index is -0.861. The van der Waals surface area contributed by atoms with Crippen LogP contribution in [0.4, 0.5) is 0 Å². The molecule has 2 aliphatic rings. The van der Waals surface area contributed by atoms with Crippen LogP contribution in [0.5, 0.6) is 0 Å².